The van der Waals surface area contributed by atoms with Crippen LogP contribution in [0.3, 0.4) is 0 Å². The topological polar surface area (TPSA) is 35.1 Å². The van der Waals surface area contributed by atoms with Crippen LogP contribution in [-0.2, 0) is 0 Å². The monoisotopic (exact) mass is 582 g/mol. The third-order valence-corrected chi connectivity index (χ3v) is 10.5. The van der Waals surface area contributed by atoms with E-state index in [-0.39, 0.29) is 0 Å². The molecule has 1 aliphatic rings. The molecule has 4 aromatic heterocycles. The van der Waals surface area contributed by atoms with Crippen molar-refractivity contribution >= 4 is 81.4 Å². The van der Waals surface area contributed by atoms with Crippen molar-refractivity contribution in [1.29, 1.82) is 0 Å². The summed E-state index contributed by atoms with van der Waals surface area (Å²) in [6.07, 6.45) is 3.60. The quantitative estimate of drug-likeness (QED) is 0.193. The van der Waals surface area contributed by atoms with Gasteiger partial charge in [-0.1, -0.05) is 91.0 Å². The van der Waals surface area contributed by atoms with Crippen molar-refractivity contribution in [3.05, 3.63) is 134 Å². The lowest BCUT2D eigenvalue weighted by molar-refractivity contribution is 1.21. The first-order valence-corrected chi connectivity index (χ1v) is 15.8. The van der Waals surface area contributed by atoms with Crippen molar-refractivity contribution in [3.63, 3.8) is 0 Å². The number of fused-ring (bicyclic) bond motifs is 15. The maximum absolute atomic E-state index is 4.77. The van der Waals surface area contributed by atoms with Gasteiger partial charge in [0.15, 0.2) is 0 Å². The van der Waals surface area contributed by atoms with E-state index in [1.165, 1.54) is 87.1 Å². The van der Waals surface area contributed by atoms with E-state index in [0.717, 1.165) is 22.5 Å². The molecule has 0 unspecified atom stereocenters. The second kappa shape index (κ2) is 7.87. The van der Waals surface area contributed by atoms with Gasteiger partial charge in [-0.05, 0) is 35.7 Å². The number of hydrogen-bond donors (Lipinski definition) is 0. The fourth-order valence-corrected chi connectivity index (χ4v) is 8.72. The van der Waals surface area contributed by atoms with Crippen LogP contribution in [0.5, 0.6) is 0 Å². The van der Waals surface area contributed by atoms with Crippen LogP contribution in [0.15, 0.2) is 134 Å². The van der Waals surface area contributed by atoms with Gasteiger partial charge in [-0.3, -0.25) is 9.97 Å². The van der Waals surface area contributed by atoms with E-state index in [1.54, 1.807) is 12.4 Å². The summed E-state index contributed by atoms with van der Waals surface area (Å²) < 4.78 is 5.05. The lowest BCUT2D eigenvalue weighted by Gasteiger charge is -2.15. The summed E-state index contributed by atoms with van der Waals surface area (Å²) in [5, 5.41) is 12.6. The van der Waals surface area contributed by atoms with Crippen LogP contribution in [-0.4, -0.2) is 18.9 Å². The zero-order valence-corrected chi connectivity index (χ0v) is 24.5. The van der Waals surface area contributed by atoms with E-state index in [9.17, 15) is 0 Å². The molecule has 0 saturated heterocycles. The van der Waals surface area contributed by atoms with Crippen molar-refractivity contribution in [2.75, 3.05) is 0 Å². The fraction of sp³-hybridized carbons (Fsp3) is 0. The number of nitrogens with zero attached hydrogens (tertiary/aromatic N) is 4. The molecule has 210 valence electrons. The Kier molecular flexibility index (Phi) is 3.96. The minimum atomic E-state index is 0.965. The van der Waals surface area contributed by atoms with E-state index in [2.05, 4.69) is 130 Å². The van der Waals surface area contributed by atoms with Crippen molar-refractivity contribution < 1.29 is 0 Å². The zero-order chi connectivity index (χ0) is 29.7. The smallest absolute Gasteiger partial charge is 0.0971 e. The maximum atomic E-state index is 4.77. The lowest BCUT2D eigenvalue weighted by atomic mass is 10.0. The fourth-order valence-electron chi connectivity index (χ4n) is 8.72. The lowest BCUT2D eigenvalue weighted by Crippen LogP contribution is -1.97. The molecular formula is C42H22N4. The third-order valence-electron chi connectivity index (χ3n) is 10.5. The van der Waals surface area contributed by atoms with Gasteiger partial charge in [0.25, 0.3) is 0 Å². The standard InChI is InChI=1S/C42H22N4/c1-2-9-24-23(8-1)16-17-26-32-22-31-25-10-3-5-14-33(25)45-34-15-6-4-11-28(34)37(41(31)45)42(32)46(40(24)26)35-19-18-30-36-27(35)12-7-13-29(36)38-39(30)44-21-20-43-38/h1-22H. The maximum Gasteiger partial charge on any atom is 0.0971 e. The molecule has 0 amide bonds. The third kappa shape index (κ3) is 2.54. The van der Waals surface area contributed by atoms with Crippen LogP contribution >= 0.6 is 0 Å². The predicted octanol–water partition coefficient (Wildman–Crippen LogP) is 10.7. The summed E-state index contributed by atoms with van der Waals surface area (Å²) in [6, 6.07) is 44.8. The average molecular weight is 583 g/mol. The molecular weight excluding hydrogens is 560 g/mol. The van der Waals surface area contributed by atoms with Crippen molar-refractivity contribution in [3.8, 4) is 28.2 Å². The molecule has 0 spiro atoms. The SMILES string of the molecule is c1ccc2c(c1)ccc1c3cc4c5ccccc5n5c6ccccc6c(c3n(-c3ccc6c7c(cccc37)-c3nccnc3-6)c21)c45. The second-order valence-corrected chi connectivity index (χ2v) is 12.5. The highest BCUT2D eigenvalue weighted by Gasteiger charge is 2.28. The van der Waals surface area contributed by atoms with E-state index in [1.807, 2.05) is 0 Å². The molecule has 0 bridgehead atoms. The molecule has 0 N–H and O–H groups in total. The number of para-hydroxylation sites is 2. The molecule has 0 fully saturated rings. The average Bonchev–Trinajstić information content (AvgIpc) is 3.84. The van der Waals surface area contributed by atoms with E-state index in [4.69, 9.17) is 9.97 Å². The molecule has 7 aromatic carbocycles. The molecule has 11 aromatic rings. The highest BCUT2D eigenvalue weighted by atomic mass is 15.0. The van der Waals surface area contributed by atoms with Gasteiger partial charge in [-0.25, -0.2) is 0 Å². The Hall–Kier alpha value is -6.26. The minimum absolute atomic E-state index is 0.965. The van der Waals surface area contributed by atoms with E-state index < -0.39 is 0 Å². The molecule has 4 heteroatoms. The first kappa shape index (κ1) is 23.2. The highest BCUT2D eigenvalue weighted by molar-refractivity contribution is 6.35. The summed E-state index contributed by atoms with van der Waals surface area (Å²) in [5.41, 5.74) is 11.7. The zero-order valence-electron chi connectivity index (χ0n) is 24.5. The Bertz CT molecular complexity index is 3110. The first-order chi connectivity index (χ1) is 22.9. The van der Waals surface area contributed by atoms with Crippen LogP contribution in [0.2, 0.25) is 0 Å². The summed E-state index contributed by atoms with van der Waals surface area (Å²) in [7, 11) is 0. The molecule has 1 aliphatic carbocycles. The molecule has 0 saturated carbocycles. The van der Waals surface area contributed by atoms with Crippen LogP contribution in [0.25, 0.3) is 110 Å². The Balaban J connectivity index is 1.39. The minimum Gasteiger partial charge on any atom is -0.308 e. The molecule has 0 radical (unpaired) electrons. The largest absolute Gasteiger partial charge is 0.308 e. The molecule has 12 rings (SSSR count). The molecule has 0 aliphatic heterocycles. The normalized spacial score (nSPS) is 12.8. The predicted molar refractivity (Wildman–Crippen MR) is 190 cm³/mol. The summed E-state index contributed by atoms with van der Waals surface area (Å²) >= 11 is 0. The Labute approximate surface area is 261 Å². The van der Waals surface area contributed by atoms with Crippen molar-refractivity contribution in [2.24, 2.45) is 0 Å². The number of aromatic nitrogens is 4. The molecule has 4 heterocycles. The number of hydrogen-bond acceptors (Lipinski definition) is 2. The second-order valence-electron chi connectivity index (χ2n) is 12.5. The molecule has 46 heavy (non-hydrogen) atoms. The van der Waals surface area contributed by atoms with Gasteiger partial charge >= 0.3 is 0 Å². The Morgan fingerprint density at radius 3 is 1.93 bits per heavy atom. The van der Waals surface area contributed by atoms with Gasteiger partial charge in [-0.15, -0.1) is 0 Å². The Morgan fingerprint density at radius 1 is 0.413 bits per heavy atom. The van der Waals surface area contributed by atoms with Gasteiger partial charge < -0.3 is 8.97 Å². The Morgan fingerprint density at radius 2 is 1.09 bits per heavy atom. The number of rotatable bonds is 1. The highest BCUT2D eigenvalue weighted by Crippen LogP contribution is 2.50. The van der Waals surface area contributed by atoms with Gasteiger partial charge in [-0.2, -0.15) is 0 Å². The summed E-state index contributed by atoms with van der Waals surface area (Å²) in [6.45, 7) is 0. The van der Waals surface area contributed by atoms with E-state index >= 15 is 0 Å². The van der Waals surface area contributed by atoms with Gasteiger partial charge in [0.1, 0.15) is 0 Å². The van der Waals surface area contributed by atoms with Gasteiger partial charge in [0.05, 0.1) is 44.7 Å². The van der Waals surface area contributed by atoms with Crippen molar-refractivity contribution in [2.45, 2.75) is 0 Å². The molecule has 4 nitrogen and oxygen atoms in total. The van der Waals surface area contributed by atoms with Gasteiger partial charge in [0.2, 0.25) is 0 Å². The number of benzene rings is 7. The van der Waals surface area contributed by atoms with Crippen LogP contribution in [0.1, 0.15) is 0 Å². The summed E-state index contributed by atoms with van der Waals surface area (Å²) in [4.78, 5) is 9.55. The van der Waals surface area contributed by atoms with Crippen LogP contribution in [0, 0.1) is 0 Å². The van der Waals surface area contributed by atoms with Crippen molar-refractivity contribution in [1.82, 2.24) is 18.9 Å². The first-order valence-electron chi connectivity index (χ1n) is 15.8. The van der Waals surface area contributed by atoms with Gasteiger partial charge in [0, 0.05) is 72.0 Å². The van der Waals surface area contributed by atoms with Crippen LogP contribution < -0.4 is 0 Å². The van der Waals surface area contributed by atoms with Crippen LogP contribution in [0.4, 0.5) is 0 Å². The van der Waals surface area contributed by atoms with E-state index in [0.29, 0.717) is 0 Å². The summed E-state index contributed by atoms with van der Waals surface area (Å²) in [5.74, 6) is 0. The molecule has 0 atom stereocenters.